The van der Waals surface area contributed by atoms with E-state index in [4.69, 9.17) is 4.74 Å². The highest BCUT2D eigenvalue weighted by atomic mass is 19.4. The van der Waals surface area contributed by atoms with Crippen LogP contribution in [-0.2, 0) is 14.9 Å². The largest absolute Gasteiger partial charge is 0.471 e. The average molecular weight is 470 g/mol. The van der Waals surface area contributed by atoms with Gasteiger partial charge in [0, 0.05) is 11.5 Å². The highest BCUT2D eigenvalue weighted by Crippen LogP contribution is 2.61. The van der Waals surface area contributed by atoms with Gasteiger partial charge in [-0.2, -0.15) is 26.3 Å². The Hall–Kier alpha value is -2.02. The number of carbonyl (C=O) groups excluding carboxylic acids is 1. The molecule has 2 heterocycles. The lowest BCUT2D eigenvalue weighted by molar-refractivity contribution is -0.174. The molecule has 32 heavy (non-hydrogen) atoms. The van der Waals surface area contributed by atoms with Gasteiger partial charge in [0.15, 0.2) is 5.82 Å². The molecule has 0 radical (unpaired) electrons. The molecule has 2 aliphatic carbocycles. The Labute approximate surface area is 178 Å². The molecule has 3 aliphatic rings. The van der Waals surface area contributed by atoms with Crippen LogP contribution in [0.25, 0.3) is 0 Å². The number of carbonyl (C=O) groups is 1. The molecule has 178 valence electrons. The molecule has 1 aromatic heterocycles. The third-order valence-electron chi connectivity index (χ3n) is 6.63. The average Bonchev–Trinajstić information content (AvgIpc) is 3.29. The van der Waals surface area contributed by atoms with E-state index in [2.05, 4.69) is 15.3 Å². The molecule has 1 aromatic rings. The smallest absolute Gasteiger partial charge is 0.377 e. The van der Waals surface area contributed by atoms with Gasteiger partial charge in [-0.15, -0.1) is 0 Å². The summed E-state index contributed by atoms with van der Waals surface area (Å²) in [6.07, 6.45) is -6.04. The molecule has 2 saturated carbocycles. The van der Waals surface area contributed by atoms with Gasteiger partial charge in [-0.1, -0.05) is 0 Å². The van der Waals surface area contributed by atoms with E-state index in [0.717, 1.165) is 18.8 Å². The predicted molar refractivity (Wildman–Crippen MR) is 94.7 cm³/mol. The summed E-state index contributed by atoms with van der Waals surface area (Å²) in [6.45, 7) is -0.271. The maximum Gasteiger partial charge on any atom is 0.471 e. The zero-order chi connectivity index (χ0) is 23.3. The van der Waals surface area contributed by atoms with E-state index in [9.17, 15) is 35.5 Å². The monoisotopic (exact) mass is 470 g/mol. The van der Waals surface area contributed by atoms with Crippen LogP contribution in [0.2, 0.25) is 0 Å². The van der Waals surface area contributed by atoms with Crippen molar-refractivity contribution in [3.63, 3.8) is 0 Å². The topological polar surface area (TPSA) is 76.1 Å². The Morgan fingerprint density at radius 2 is 1.88 bits per heavy atom. The van der Waals surface area contributed by atoms with Crippen LogP contribution in [0, 0.1) is 11.7 Å². The van der Waals surface area contributed by atoms with E-state index in [-0.39, 0.29) is 24.0 Å². The van der Waals surface area contributed by atoms with Crippen molar-refractivity contribution < 1.29 is 40.3 Å². The molecule has 1 amide bonds. The Morgan fingerprint density at radius 3 is 2.47 bits per heavy atom. The summed E-state index contributed by atoms with van der Waals surface area (Å²) in [6, 6.07) is -4.51. The lowest BCUT2D eigenvalue weighted by Crippen LogP contribution is -2.50. The van der Waals surface area contributed by atoms with Crippen molar-refractivity contribution >= 4 is 5.91 Å². The van der Waals surface area contributed by atoms with Gasteiger partial charge in [-0.3, -0.25) is 10.1 Å². The summed E-state index contributed by atoms with van der Waals surface area (Å²) in [5, 5.41) is 3.90. The van der Waals surface area contributed by atoms with E-state index in [0.29, 0.717) is 25.1 Å². The van der Waals surface area contributed by atoms with Crippen LogP contribution in [-0.4, -0.2) is 59.1 Å². The number of rotatable bonds is 5. The lowest BCUT2D eigenvalue weighted by Gasteiger charge is -2.29. The van der Waals surface area contributed by atoms with E-state index in [1.165, 1.54) is 0 Å². The van der Waals surface area contributed by atoms with Crippen molar-refractivity contribution in [3.8, 4) is 0 Å². The molecular weight excluding hydrogens is 449 g/mol. The number of aromatic nitrogens is 2. The molecule has 13 heteroatoms. The highest BCUT2D eigenvalue weighted by Gasteiger charge is 2.60. The second-order valence-corrected chi connectivity index (χ2v) is 8.69. The van der Waals surface area contributed by atoms with Crippen molar-refractivity contribution in [2.75, 3.05) is 6.61 Å². The van der Waals surface area contributed by atoms with Crippen molar-refractivity contribution in [1.29, 1.82) is 0 Å². The minimum atomic E-state index is -5.19. The summed E-state index contributed by atoms with van der Waals surface area (Å²) in [7, 11) is 0. The number of amides is 1. The summed E-state index contributed by atoms with van der Waals surface area (Å²) >= 11 is 0. The number of nitrogens with one attached hydrogen (secondary N) is 2. The molecule has 0 spiro atoms. The molecule has 4 rings (SSSR count). The molecule has 6 nitrogen and oxygen atoms in total. The fourth-order valence-corrected chi connectivity index (χ4v) is 4.86. The first-order chi connectivity index (χ1) is 14.9. The van der Waals surface area contributed by atoms with Crippen molar-refractivity contribution in [2.45, 2.75) is 74.1 Å². The predicted octanol–water partition coefficient (Wildman–Crippen LogP) is 2.78. The number of nitrogens with zero attached hydrogens (tertiary/aromatic N) is 2. The fraction of sp³-hybridized carbons (Fsp3) is 0.737. The fourth-order valence-electron chi connectivity index (χ4n) is 4.86. The van der Waals surface area contributed by atoms with Crippen LogP contribution in [0.4, 0.5) is 30.7 Å². The third kappa shape index (κ3) is 4.68. The van der Waals surface area contributed by atoms with Crippen LogP contribution in [0.15, 0.2) is 12.4 Å². The molecule has 3 fully saturated rings. The second kappa shape index (κ2) is 8.08. The number of halogens is 7. The van der Waals surface area contributed by atoms with Crippen LogP contribution in [0.1, 0.15) is 37.9 Å². The molecule has 3 unspecified atom stereocenters. The number of hydrogen-bond acceptors (Lipinski definition) is 5. The van der Waals surface area contributed by atoms with Crippen LogP contribution >= 0.6 is 0 Å². The number of fused-ring (bicyclic) bond motifs is 1. The van der Waals surface area contributed by atoms with Gasteiger partial charge in [0.1, 0.15) is 11.9 Å². The Bertz CT molecular complexity index is 848. The first-order valence-corrected chi connectivity index (χ1v) is 10.2. The Morgan fingerprint density at radius 1 is 1.19 bits per heavy atom. The van der Waals surface area contributed by atoms with Crippen LogP contribution < -0.4 is 10.6 Å². The molecule has 0 bridgehead atoms. The van der Waals surface area contributed by atoms with E-state index in [1.54, 1.807) is 5.32 Å². The quantitative estimate of drug-likeness (QED) is 0.648. The molecule has 0 aromatic carbocycles. The number of hydrogen-bond donors (Lipinski definition) is 2. The Kier molecular flexibility index (Phi) is 5.85. The maximum absolute atomic E-state index is 13.1. The van der Waals surface area contributed by atoms with Gasteiger partial charge in [-0.25, -0.2) is 14.4 Å². The molecule has 6 atom stereocenters. The summed E-state index contributed by atoms with van der Waals surface area (Å²) in [5.41, 5.74) is -0.246. The molecular formula is C19H21F7N4O2. The molecule has 1 saturated heterocycles. The van der Waals surface area contributed by atoms with Crippen LogP contribution in [0.5, 0.6) is 0 Å². The summed E-state index contributed by atoms with van der Waals surface area (Å²) < 4.78 is 95.8. The first kappa shape index (κ1) is 23.1. The van der Waals surface area contributed by atoms with Gasteiger partial charge < -0.3 is 10.1 Å². The number of ether oxygens (including phenoxy) is 1. The van der Waals surface area contributed by atoms with E-state index < -0.39 is 48.6 Å². The number of alkyl halides is 6. The molecule has 1 aliphatic heterocycles. The van der Waals surface area contributed by atoms with Crippen molar-refractivity contribution in [3.05, 3.63) is 24.0 Å². The zero-order valence-electron chi connectivity index (χ0n) is 16.6. The SMILES string of the molecule is O=C(N[C@H]1C[C@@H](C(F)(F)F)N[C@H]1COC1CCC2(c3ncc(F)cn3)CC2C1)C(F)(F)F. The standard InChI is InChI=1S/C19H21F7N4O2/c20-10-6-27-15(28-7-10)17-2-1-11(3-9(17)5-17)32-8-13-12(30-16(31)19(24,25)26)4-14(29-13)18(21,22)23/h6-7,9,11-14,29H,1-5,8H2,(H,30,31)/t9?,11?,12-,13-,14-,17?/m0/s1. The van der Waals surface area contributed by atoms with Gasteiger partial charge in [-0.05, 0) is 38.0 Å². The van der Waals surface area contributed by atoms with Crippen molar-refractivity contribution in [2.24, 2.45) is 5.92 Å². The van der Waals surface area contributed by atoms with Gasteiger partial charge >= 0.3 is 18.3 Å². The Balaban J connectivity index is 1.34. The van der Waals surface area contributed by atoms with Gasteiger partial charge in [0.05, 0.1) is 31.1 Å². The first-order valence-electron chi connectivity index (χ1n) is 10.2. The summed E-state index contributed by atoms with van der Waals surface area (Å²) in [4.78, 5) is 19.4. The van der Waals surface area contributed by atoms with Crippen LogP contribution in [0.3, 0.4) is 0 Å². The van der Waals surface area contributed by atoms with E-state index in [1.807, 2.05) is 0 Å². The lowest BCUT2D eigenvalue weighted by atomic mass is 9.86. The van der Waals surface area contributed by atoms with Gasteiger partial charge in [0.25, 0.3) is 0 Å². The van der Waals surface area contributed by atoms with Crippen molar-refractivity contribution in [1.82, 2.24) is 20.6 Å². The maximum atomic E-state index is 13.1. The second-order valence-electron chi connectivity index (χ2n) is 8.69. The molecule has 2 N–H and O–H groups in total. The third-order valence-corrected chi connectivity index (χ3v) is 6.63. The summed E-state index contributed by atoms with van der Waals surface area (Å²) in [5.74, 6) is -2.07. The normalized spacial score (nSPS) is 34.8. The highest BCUT2D eigenvalue weighted by molar-refractivity contribution is 5.82. The minimum Gasteiger partial charge on any atom is -0.377 e. The minimum absolute atomic E-state index is 0.187. The zero-order valence-corrected chi connectivity index (χ0v) is 16.6. The van der Waals surface area contributed by atoms with E-state index >= 15 is 0 Å². The van der Waals surface area contributed by atoms with Gasteiger partial charge in [0.2, 0.25) is 0 Å².